The Hall–Kier alpha value is -2.74. The predicted octanol–water partition coefficient (Wildman–Crippen LogP) is 4.35. The van der Waals surface area contributed by atoms with Crippen molar-refractivity contribution >= 4 is 12.0 Å². The lowest BCUT2D eigenvalue weighted by Crippen LogP contribution is -2.41. The third-order valence-corrected chi connectivity index (χ3v) is 5.60. The molecule has 0 unspecified atom stereocenters. The summed E-state index contributed by atoms with van der Waals surface area (Å²) < 4.78 is 7.56. The van der Waals surface area contributed by atoms with Crippen LogP contribution in [0.25, 0.3) is 6.08 Å². The standard InChI is InChI=1S/C22H27N3O2/c1-15-7-4-5-9-21(15)24-22(26)19(13-23)12-18-11-16(2)25(17(18)3)14-20-8-6-10-27-20/h6,8,10-12,15,21H,4-5,7,9,14H2,1-3H3,(H,24,26)/b19-12+/t15-,21-/m0/s1. The topological polar surface area (TPSA) is 71.0 Å². The molecule has 2 atom stereocenters. The van der Waals surface area contributed by atoms with Gasteiger partial charge in [-0.1, -0.05) is 19.8 Å². The minimum absolute atomic E-state index is 0.158. The quantitative estimate of drug-likeness (QED) is 0.632. The third-order valence-electron chi connectivity index (χ3n) is 5.60. The highest BCUT2D eigenvalue weighted by Gasteiger charge is 2.24. The number of nitrogens with one attached hydrogen (secondary N) is 1. The van der Waals surface area contributed by atoms with Crippen molar-refractivity contribution < 1.29 is 9.21 Å². The van der Waals surface area contributed by atoms with Crippen molar-refractivity contribution in [2.24, 2.45) is 5.92 Å². The highest BCUT2D eigenvalue weighted by atomic mass is 16.3. The molecule has 0 aliphatic heterocycles. The van der Waals surface area contributed by atoms with E-state index < -0.39 is 0 Å². The summed E-state index contributed by atoms with van der Waals surface area (Å²) in [6.45, 7) is 6.81. The zero-order valence-electron chi connectivity index (χ0n) is 16.3. The summed E-state index contributed by atoms with van der Waals surface area (Å²) in [6, 6.07) is 8.05. The first-order valence-electron chi connectivity index (χ1n) is 9.61. The summed E-state index contributed by atoms with van der Waals surface area (Å²) in [4.78, 5) is 12.6. The molecule has 2 aromatic rings. The van der Waals surface area contributed by atoms with Gasteiger partial charge in [0.1, 0.15) is 17.4 Å². The summed E-state index contributed by atoms with van der Waals surface area (Å²) in [5.41, 5.74) is 3.12. The van der Waals surface area contributed by atoms with Crippen LogP contribution in [0.1, 0.15) is 55.3 Å². The number of nitrogens with zero attached hydrogens (tertiary/aromatic N) is 2. The van der Waals surface area contributed by atoms with E-state index in [2.05, 4.69) is 22.9 Å². The second-order valence-electron chi connectivity index (χ2n) is 7.50. The van der Waals surface area contributed by atoms with E-state index >= 15 is 0 Å². The number of rotatable bonds is 5. The van der Waals surface area contributed by atoms with E-state index in [4.69, 9.17) is 4.42 Å². The summed E-state index contributed by atoms with van der Waals surface area (Å²) >= 11 is 0. The van der Waals surface area contributed by atoms with Crippen molar-refractivity contribution in [1.82, 2.24) is 9.88 Å². The molecule has 142 valence electrons. The molecule has 2 heterocycles. The number of hydrogen-bond donors (Lipinski definition) is 1. The molecule has 3 rings (SSSR count). The molecule has 5 nitrogen and oxygen atoms in total. The molecule has 0 radical (unpaired) electrons. The van der Waals surface area contributed by atoms with Crippen LogP contribution in [0.5, 0.6) is 0 Å². The zero-order chi connectivity index (χ0) is 19.4. The number of aromatic nitrogens is 1. The Balaban J connectivity index is 1.79. The minimum atomic E-state index is -0.271. The fourth-order valence-electron chi connectivity index (χ4n) is 3.86. The van der Waals surface area contributed by atoms with E-state index in [1.165, 1.54) is 6.42 Å². The first kappa shape index (κ1) is 19.0. The van der Waals surface area contributed by atoms with Crippen LogP contribution in [0.15, 0.2) is 34.5 Å². The summed E-state index contributed by atoms with van der Waals surface area (Å²) in [6.07, 6.45) is 7.83. The molecule has 0 bridgehead atoms. The fourth-order valence-corrected chi connectivity index (χ4v) is 3.86. The minimum Gasteiger partial charge on any atom is -0.467 e. The number of nitriles is 1. The lowest BCUT2D eigenvalue weighted by molar-refractivity contribution is -0.118. The van der Waals surface area contributed by atoms with E-state index in [1.807, 2.05) is 32.0 Å². The average Bonchev–Trinajstić information content (AvgIpc) is 3.25. The maximum Gasteiger partial charge on any atom is 0.262 e. The van der Waals surface area contributed by atoms with Crippen molar-refractivity contribution in [2.45, 2.75) is 59.0 Å². The van der Waals surface area contributed by atoms with Crippen LogP contribution in [0, 0.1) is 31.1 Å². The molecule has 1 fully saturated rings. The molecule has 0 spiro atoms. The highest BCUT2D eigenvalue weighted by molar-refractivity contribution is 6.02. The number of carbonyl (C=O) groups is 1. The van der Waals surface area contributed by atoms with Gasteiger partial charge in [-0.15, -0.1) is 0 Å². The zero-order valence-corrected chi connectivity index (χ0v) is 16.3. The molecular formula is C22H27N3O2. The first-order valence-corrected chi connectivity index (χ1v) is 9.61. The van der Waals surface area contributed by atoms with Crippen LogP contribution >= 0.6 is 0 Å². The van der Waals surface area contributed by atoms with E-state index in [-0.39, 0.29) is 17.5 Å². The number of aryl methyl sites for hydroxylation is 1. The van der Waals surface area contributed by atoms with Crippen LogP contribution in [0.2, 0.25) is 0 Å². The third kappa shape index (κ3) is 4.33. The molecule has 0 saturated heterocycles. The number of hydrogen-bond acceptors (Lipinski definition) is 3. The van der Waals surface area contributed by atoms with Crippen LogP contribution in [0.4, 0.5) is 0 Å². The van der Waals surface area contributed by atoms with Crippen molar-refractivity contribution in [3.63, 3.8) is 0 Å². The smallest absolute Gasteiger partial charge is 0.262 e. The Kier molecular flexibility index (Phi) is 5.85. The molecule has 2 aromatic heterocycles. The van der Waals surface area contributed by atoms with E-state index in [0.29, 0.717) is 12.5 Å². The summed E-state index contributed by atoms with van der Waals surface area (Å²) in [7, 11) is 0. The van der Waals surface area contributed by atoms with Crippen LogP contribution < -0.4 is 5.32 Å². The Morgan fingerprint density at radius 1 is 1.41 bits per heavy atom. The van der Waals surface area contributed by atoms with Gasteiger partial charge in [-0.25, -0.2) is 0 Å². The Morgan fingerprint density at radius 2 is 2.19 bits per heavy atom. The summed E-state index contributed by atoms with van der Waals surface area (Å²) in [5.74, 6) is 1.06. The van der Waals surface area contributed by atoms with Crippen LogP contribution in [-0.4, -0.2) is 16.5 Å². The van der Waals surface area contributed by atoms with Crippen molar-refractivity contribution in [1.29, 1.82) is 5.26 Å². The summed E-state index contributed by atoms with van der Waals surface area (Å²) in [5, 5.41) is 12.6. The normalized spacial score (nSPS) is 20.3. The second-order valence-corrected chi connectivity index (χ2v) is 7.50. The Bertz CT molecular complexity index is 868. The van der Waals surface area contributed by atoms with Gasteiger partial charge in [-0.05, 0) is 62.4 Å². The number of furan rings is 1. The first-order chi connectivity index (χ1) is 13.0. The van der Waals surface area contributed by atoms with Gasteiger partial charge >= 0.3 is 0 Å². The predicted molar refractivity (Wildman–Crippen MR) is 105 cm³/mol. The van der Waals surface area contributed by atoms with Gasteiger partial charge in [-0.3, -0.25) is 4.79 Å². The second kappa shape index (κ2) is 8.30. The Morgan fingerprint density at radius 3 is 2.85 bits per heavy atom. The number of amides is 1. The van der Waals surface area contributed by atoms with Crippen LogP contribution in [0.3, 0.4) is 0 Å². The van der Waals surface area contributed by atoms with Gasteiger partial charge < -0.3 is 14.3 Å². The SMILES string of the molecule is Cc1cc(/C=C(\C#N)C(=O)N[C@H]2CCCC[C@@H]2C)c(C)n1Cc1ccco1. The van der Waals surface area contributed by atoms with Gasteiger partial charge in [0.2, 0.25) is 0 Å². The van der Waals surface area contributed by atoms with E-state index in [1.54, 1.807) is 12.3 Å². The van der Waals surface area contributed by atoms with Gasteiger partial charge in [0.15, 0.2) is 0 Å². The van der Waals surface area contributed by atoms with Crippen molar-refractivity contribution in [3.8, 4) is 6.07 Å². The fraction of sp³-hybridized carbons (Fsp3) is 0.455. The van der Waals surface area contributed by atoms with Gasteiger partial charge in [0.05, 0.1) is 12.8 Å². The van der Waals surface area contributed by atoms with Gasteiger partial charge in [-0.2, -0.15) is 5.26 Å². The van der Waals surface area contributed by atoms with E-state index in [9.17, 15) is 10.1 Å². The largest absolute Gasteiger partial charge is 0.467 e. The average molecular weight is 365 g/mol. The monoisotopic (exact) mass is 365 g/mol. The molecule has 1 aliphatic carbocycles. The lowest BCUT2D eigenvalue weighted by atomic mass is 9.86. The van der Waals surface area contributed by atoms with Gasteiger partial charge in [0, 0.05) is 17.4 Å². The molecule has 1 N–H and O–H groups in total. The van der Waals surface area contributed by atoms with E-state index in [0.717, 1.165) is 42.0 Å². The van der Waals surface area contributed by atoms with Crippen molar-refractivity contribution in [3.05, 3.63) is 52.7 Å². The maximum atomic E-state index is 12.6. The molecule has 5 heteroatoms. The molecule has 27 heavy (non-hydrogen) atoms. The number of carbonyl (C=O) groups excluding carboxylic acids is 1. The molecule has 1 aliphatic rings. The molecule has 1 saturated carbocycles. The van der Waals surface area contributed by atoms with Gasteiger partial charge in [0.25, 0.3) is 5.91 Å². The van der Waals surface area contributed by atoms with Crippen LogP contribution in [-0.2, 0) is 11.3 Å². The highest BCUT2D eigenvalue weighted by Crippen LogP contribution is 2.24. The lowest BCUT2D eigenvalue weighted by Gasteiger charge is -2.29. The van der Waals surface area contributed by atoms with Crippen molar-refractivity contribution in [2.75, 3.05) is 0 Å². The molecular weight excluding hydrogens is 338 g/mol. The molecule has 1 amide bonds. The molecule has 0 aromatic carbocycles. The Labute approximate surface area is 160 Å². The maximum absolute atomic E-state index is 12.6.